The molecule has 1 fully saturated rings. The van der Waals surface area contributed by atoms with Gasteiger partial charge in [0.1, 0.15) is 0 Å². The van der Waals surface area contributed by atoms with Crippen LogP contribution in [0.5, 0.6) is 0 Å². The van der Waals surface area contributed by atoms with Crippen LogP contribution in [0.1, 0.15) is 57.7 Å². The smallest absolute Gasteiger partial charge is 0.317 e. The van der Waals surface area contributed by atoms with E-state index in [-0.39, 0.29) is 18.2 Å². The number of benzene rings is 1. The predicted molar refractivity (Wildman–Crippen MR) is 97.9 cm³/mol. The molecule has 2 N–H and O–H groups in total. The van der Waals surface area contributed by atoms with E-state index in [2.05, 4.69) is 50.4 Å². The number of nitrogens with zero attached hydrogens (tertiary/aromatic N) is 1. The third-order valence-corrected chi connectivity index (χ3v) is 5.20. The quantitative estimate of drug-likeness (QED) is 0.863. The zero-order valence-electron chi connectivity index (χ0n) is 15.5. The summed E-state index contributed by atoms with van der Waals surface area (Å²) in [4.78, 5) is 14.5. The number of aryl methyl sites for hydroxylation is 1. The van der Waals surface area contributed by atoms with Crippen molar-refractivity contribution in [1.82, 2.24) is 10.2 Å². The highest BCUT2D eigenvalue weighted by Gasteiger charge is 2.27. The molecule has 1 aromatic rings. The van der Waals surface area contributed by atoms with Crippen molar-refractivity contribution in [2.24, 2.45) is 11.8 Å². The molecule has 0 aliphatic carbocycles. The molecule has 1 aromatic carbocycles. The molecule has 4 nitrogen and oxygen atoms in total. The Morgan fingerprint density at radius 1 is 1.21 bits per heavy atom. The van der Waals surface area contributed by atoms with Crippen molar-refractivity contribution in [2.75, 3.05) is 13.1 Å². The van der Waals surface area contributed by atoms with Gasteiger partial charge in [-0.25, -0.2) is 4.79 Å². The molecule has 0 spiro atoms. The normalized spacial score (nSPS) is 18.5. The molecule has 24 heavy (non-hydrogen) atoms. The Morgan fingerprint density at radius 3 is 2.25 bits per heavy atom. The summed E-state index contributed by atoms with van der Waals surface area (Å²) in [6.07, 6.45) is 2.50. The predicted octanol–water partition coefficient (Wildman–Crippen LogP) is 3.75. The first-order valence-electron chi connectivity index (χ1n) is 9.24. The van der Waals surface area contributed by atoms with Gasteiger partial charge >= 0.3 is 6.03 Å². The topological polar surface area (TPSA) is 52.6 Å². The maximum Gasteiger partial charge on any atom is 0.317 e. The van der Waals surface area contributed by atoms with E-state index in [0.717, 1.165) is 37.9 Å². The van der Waals surface area contributed by atoms with Gasteiger partial charge in [0.25, 0.3) is 0 Å². The fourth-order valence-electron chi connectivity index (χ4n) is 3.40. The molecule has 1 heterocycles. The number of amides is 2. The second-order valence-corrected chi connectivity index (χ2v) is 7.33. The lowest BCUT2D eigenvalue weighted by molar-refractivity contribution is 0.0789. The minimum atomic E-state index is -0.282. The molecule has 0 bridgehead atoms. The molecular weight excluding hydrogens is 300 g/mol. The summed E-state index contributed by atoms with van der Waals surface area (Å²) in [5, 5.41) is 12.9. The molecule has 134 valence electrons. The van der Waals surface area contributed by atoms with Crippen LogP contribution in [0.3, 0.4) is 0 Å². The Bertz CT molecular complexity index is 517. The van der Waals surface area contributed by atoms with Crippen LogP contribution in [0.15, 0.2) is 24.3 Å². The molecule has 2 unspecified atom stereocenters. The Labute approximate surface area is 146 Å². The lowest BCUT2D eigenvalue weighted by Gasteiger charge is -2.35. The highest BCUT2D eigenvalue weighted by atomic mass is 16.3. The summed E-state index contributed by atoms with van der Waals surface area (Å²) in [7, 11) is 0. The number of piperidine rings is 1. The van der Waals surface area contributed by atoms with Crippen LogP contribution in [0.25, 0.3) is 0 Å². The Kier molecular flexibility index (Phi) is 6.67. The summed E-state index contributed by atoms with van der Waals surface area (Å²) >= 11 is 0. The average molecular weight is 332 g/mol. The first-order valence-corrected chi connectivity index (χ1v) is 9.24. The van der Waals surface area contributed by atoms with Crippen molar-refractivity contribution in [3.63, 3.8) is 0 Å². The molecule has 2 rings (SSSR count). The van der Waals surface area contributed by atoms with Gasteiger partial charge in [0.15, 0.2) is 0 Å². The minimum absolute atomic E-state index is 0.0114. The van der Waals surface area contributed by atoms with Crippen LogP contribution < -0.4 is 5.32 Å². The Morgan fingerprint density at radius 2 is 1.79 bits per heavy atom. The van der Waals surface area contributed by atoms with E-state index < -0.39 is 0 Å². The lowest BCUT2D eigenvalue weighted by Crippen LogP contribution is -2.47. The summed E-state index contributed by atoms with van der Waals surface area (Å²) in [5.41, 5.74) is 2.47. The van der Waals surface area contributed by atoms with Crippen LogP contribution in [0.4, 0.5) is 4.79 Å². The van der Waals surface area contributed by atoms with Gasteiger partial charge in [0.2, 0.25) is 0 Å². The van der Waals surface area contributed by atoms with E-state index in [9.17, 15) is 9.90 Å². The van der Waals surface area contributed by atoms with E-state index in [1.54, 1.807) is 0 Å². The SMILES string of the molecule is CCc1ccc(C(NC(=O)N2CCC(C(C)O)CC2)C(C)C)cc1. The molecule has 4 heteroatoms. The molecular formula is C20H32N2O2. The number of aliphatic hydroxyl groups is 1. The van der Waals surface area contributed by atoms with Gasteiger partial charge in [-0.15, -0.1) is 0 Å². The van der Waals surface area contributed by atoms with Crippen molar-refractivity contribution in [2.45, 2.75) is 59.1 Å². The first kappa shape index (κ1) is 18.8. The van der Waals surface area contributed by atoms with Crippen molar-refractivity contribution in [3.05, 3.63) is 35.4 Å². The van der Waals surface area contributed by atoms with Crippen LogP contribution in [-0.4, -0.2) is 35.2 Å². The van der Waals surface area contributed by atoms with E-state index in [1.807, 2.05) is 11.8 Å². The zero-order valence-corrected chi connectivity index (χ0v) is 15.5. The standard InChI is InChI=1S/C20H32N2O2/c1-5-16-6-8-18(9-7-16)19(14(2)3)21-20(24)22-12-10-17(11-13-22)15(4)23/h6-9,14-15,17,19,23H,5,10-13H2,1-4H3,(H,21,24). The number of hydrogen-bond acceptors (Lipinski definition) is 2. The third-order valence-electron chi connectivity index (χ3n) is 5.20. The van der Waals surface area contributed by atoms with Crippen molar-refractivity contribution in [3.8, 4) is 0 Å². The molecule has 0 radical (unpaired) electrons. The van der Waals surface area contributed by atoms with E-state index in [4.69, 9.17) is 0 Å². The molecule has 1 saturated heterocycles. The molecule has 2 atom stereocenters. The number of carbonyl (C=O) groups is 1. The van der Waals surface area contributed by atoms with Crippen LogP contribution in [-0.2, 0) is 6.42 Å². The van der Waals surface area contributed by atoms with Crippen molar-refractivity contribution < 1.29 is 9.90 Å². The van der Waals surface area contributed by atoms with E-state index in [0.29, 0.717) is 11.8 Å². The fraction of sp³-hybridized carbons (Fsp3) is 0.650. The summed E-state index contributed by atoms with van der Waals surface area (Å²) < 4.78 is 0. The molecule has 0 saturated carbocycles. The van der Waals surface area contributed by atoms with Crippen LogP contribution >= 0.6 is 0 Å². The van der Waals surface area contributed by atoms with Crippen molar-refractivity contribution in [1.29, 1.82) is 0 Å². The Hall–Kier alpha value is -1.55. The van der Waals surface area contributed by atoms with Crippen molar-refractivity contribution >= 4 is 6.03 Å². The van der Waals surface area contributed by atoms with Crippen LogP contribution in [0.2, 0.25) is 0 Å². The second kappa shape index (κ2) is 8.52. The maximum atomic E-state index is 12.6. The minimum Gasteiger partial charge on any atom is -0.393 e. The van der Waals surface area contributed by atoms with Gasteiger partial charge < -0.3 is 15.3 Å². The number of rotatable bonds is 5. The van der Waals surface area contributed by atoms with Gasteiger partial charge in [-0.05, 0) is 49.1 Å². The summed E-state index contributed by atoms with van der Waals surface area (Å²) in [5.74, 6) is 0.646. The molecule has 1 aliphatic rings. The number of urea groups is 1. The fourth-order valence-corrected chi connectivity index (χ4v) is 3.40. The highest BCUT2D eigenvalue weighted by molar-refractivity contribution is 5.74. The number of aliphatic hydroxyl groups excluding tert-OH is 1. The molecule has 1 aliphatic heterocycles. The first-order chi connectivity index (χ1) is 11.4. The largest absolute Gasteiger partial charge is 0.393 e. The zero-order chi connectivity index (χ0) is 17.7. The maximum absolute atomic E-state index is 12.6. The summed E-state index contributed by atoms with van der Waals surface area (Å²) in [6.45, 7) is 9.71. The van der Waals surface area contributed by atoms with Crippen LogP contribution in [0, 0.1) is 11.8 Å². The van der Waals surface area contributed by atoms with Gasteiger partial charge in [0, 0.05) is 13.1 Å². The molecule has 0 aromatic heterocycles. The van der Waals surface area contributed by atoms with E-state index in [1.165, 1.54) is 5.56 Å². The van der Waals surface area contributed by atoms with Gasteiger partial charge in [-0.2, -0.15) is 0 Å². The Balaban J connectivity index is 1.98. The average Bonchev–Trinajstić information content (AvgIpc) is 2.59. The number of hydrogen-bond donors (Lipinski definition) is 2. The monoisotopic (exact) mass is 332 g/mol. The summed E-state index contributed by atoms with van der Waals surface area (Å²) in [6, 6.07) is 8.58. The van der Waals surface area contributed by atoms with Gasteiger partial charge in [0.05, 0.1) is 12.1 Å². The number of likely N-dealkylation sites (tertiary alicyclic amines) is 1. The van der Waals surface area contributed by atoms with E-state index >= 15 is 0 Å². The number of nitrogens with one attached hydrogen (secondary N) is 1. The molecule has 2 amide bonds. The number of carbonyl (C=O) groups excluding carboxylic acids is 1. The van der Waals surface area contributed by atoms with Gasteiger partial charge in [-0.1, -0.05) is 45.0 Å². The van der Waals surface area contributed by atoms with Gasteiger partial charge in [-0.3, -0.25) is 0 Å². The second-order valence-electron chi connectivity index (χ2n) is 7.33. The third kappa shape index (κ3) is 4.73. The lowest BCUT2D eigenvalue weighted by atomic mass is 9.92. The highest BCUT2D eigenvalue weighted by Crippen LogP contribution is 2.24.